The van der Waals surface area contributed by atoms with Crippen molar-refractivity contribution in [3.05, 3.63) is 89.4 Å². The van der Waals surface area contributed by atoms with Crippen LogP contribution in [0.2, 0.25) is 0 Å². The zero-order valence-corrected chi connectivity index (χ0v) is 19.7. The van der Waals surface area contributed by atoms with E-state index in [9.17, 15) is 4.79 Å². The maximum atomic E-state index is 12.9. The van der Waals surface area contributed by atoms with Gasteiger partial charge in [0.1, 0.15) is 0 Å². The molecule has 2 heterocycles. The van der Waals surface area contributed by atoms with Crippen molar-refractivity contribution in [1.29, 1.82) is 0 Å². The molecule has 0 aliphatic rings. The van der Waals surface area contributed by atoms with Crippen LogP contribution in [0.4, 0.5) is 0 Å². The van der Waals surface area contributed by atoms with E-state index in [1.165, 1.54) is 0 Å². The fourth-order valence-corrected chi connectivity index (χ4v) is 4.02. The fourth-order valence-electron chi connectivity index (χ4n) is 4.02. The van der Waals surface area contributed by atoms with Crippen LogP contribution in [0.3, 0.4) is 0 Å². The lowest BCUT2D eigenvalue weighted by Crippen LogP contribution is -2.25. The van der Waals surface area contributed by atoms with E-state index in [0.717, 1.165) is 46.0 Å². The van der Waals surface area contributed by atoms with Gasteiger partial charge in [-0.25, -0.2) is 4.68 Å². The number of amides is 1. The minimum Gasteiger partial charge on any atom is -0.352 e. The monoisotopic (exact) mass is 441 g/mol. The van der Waals surface area contributed by atoms with Gasteiger partial charge in [-0.2, -0.15) is 10.2 Å². The first-order chi connectivity index (χ1) is 15.9. The van der Waals surface area contributed by atoms with Crippen LogP contribution in [0.25, 0.3) is 16.9 Å². The average molecular weight is 442 g/mol. The van der Waals surface area contributed by atoms with Crippen molar-refractivity contribution in [3.63, 3.8) is 0 Å². The predicted molar refractivity (Wildman–Crippen MR) is 131 cm³/mol. The molecular weight excluding hydrogens is 410 g/mol. The Morgan fingerprint density at radius 2 is 1.64 bits per heavy atom. The molecule has 6 heteroatoms. The van der Waals surface area contributed by atoms with Crippen molar-refractivity contribution in [3.8, 4) is 16.9 Å². The lowest BCUT2D eigenvalue weighted by Gasteiger charge is -2.08. The van der Waals surface area contributed by atoms with E-state index in [-0.39, 0.29) is 5.91 Å². The maximum Gasteiger partial charge on any atom is 0.224 e. The van der Waals surface area contributed by atoms with Crippen molar-refractivity contribution >= 4 is 5.91 Å². The summed E-state index contributed by atoms with van der Waals surface area (Å²) in [6.07, 6.45) is 2.32. The minimum absolute atomic E-state index is 0.0169. The molecule has 4 rings (SSSR count). The fraction of sp³-hybridized carbons (Fsp3) is 0.296. The molecule has 2 aromatic carbocycles. The summed E-state index contributed by atoms with van der Waals surface area (Å²) in [4.78, 5) is 12.9. The van der Waals surface area contributed by atoms with E-state index in [4.69, 9.17) is 5.10 Å². The second-order valence-electron chi connectivity index (χ2n) is 8.83. The summed E-state index contributed by atoms with van der Waals surface area (Å²) in [6, 6.07) is 20.1. The number of nitrogens with zero attached hydrogens (tertiary/aromatic N) is 4. The molecule has 2 aromatic heterocycles. The summed E-state index contributed by atoms with van der Waals surface area (Å²) >= 11 is 0. The van der Waals surface area contributed by atoms with E-state index in [2.05, 4.69) is 24.3 Å². The van der Waals surface area contributed by atoms with Gasteiger partial charge < -0.3 is 5.32 Å². The van der Waals surface area contributed by atoms with Crippen molar-refractivity contribution in [2.75, 3.05) is 0 Å². The van der Waals surface area contributed by atoms with Crippen LogP contribution in [-0.2, 0) is 24.3 Å². The molecule has 6 nitrogen and oxygen atoms in total. The van der Waals surface area contributed by atoms with Gasteiger partial charge in [-0.1, -0.05) is 62.4 Å². The third-order valence-corrected chi connectivity index (χ3v) is 5.74. The molecule has 170 valence electrons. The van der Waals surface area contributed by atoms with Gasteiger partial charge in [0.25, 0.3) is 0 Å². The van der Waals surface area contributed by atoms with E-state index < -0.39 is 0 Å². The summed E-state index contributed by atoms with van der Waals surface area (Å²) in [5.41, 5.74) is 6.85. The summed E-state index contributed by atoms with van der Waals surface area (Å²) in [7, 11) is 0. The number of benzene rings is 2. The summed E-state index contributed by atoms with van der Waals surface area (Å²) in [5, 5.41) is 12.6. The Kier molecular flexibility index (Phi) is 6.73. The summed E-state index contributed by atoms with van der Waals surface area (Å²) < 4.78 is 3.88. The van der Waals surface area contributed by atoms with Crippen molar-refractivity contribution in [1.82, 2.24) is 24.9 Å². The molecule has 33 heavy (non-hydrogen) atoms. The van der Waals surface area contributed by atoms with Gasteiger partial charge in [0.2, 0.25) is 5.91 Å². The van der Waals surface area contributed by atoms with E-state index in [0.29, 0.717) is 18.9 Å². The largest absolute Gasteiger partial charge is 0.352 e. The van der Waals surface area contributed by atoms with E-state index in [1.54, 1.807) is 0 Å². The molecule has 0 spiro atoms. The van der Waals surface area contributed by atoms with Gasteiger partial charge in [-0.3, -0.25) is 9.48 Å². The smallest absolute Gasteiger partial charge is 0.224 e. The topological polar surface area (TPSA) is 64.7 Å². The Bertz CT molecular complexity index is 1220. The van der Waals surface area contributed by atoms with Gasteiger partial charge in [0, 0.05) is 41.7 Å². The van der Waals surface area contributed by atoms with Crippen LogP contribution >= 0.6 is 0 Å². The number of rotatable bonds is 8. The highest BCUT2D eigenvalue weighted by molar-refractivity contribution is 5.79. The number of nitrogens with one attached hydrogen (secondary N) is 1. The van der Waals surface area contributed by atoms with Gasteiger partial charge in [0.05, 0.1) is 23.5 Å². The molecule has 0 saturated heterocycles. The van der Waals surface area contributed by atoms with Crippen LogP contribution in [0.15, 0.2) is 66.9 Å². The van der Waals surface area contributed by atoms with E-state index >= 15 is 0 Å². The minimum atomic E-state index is -0.0169. The average Bonchev–Trinajstić information content (AvgIpc) is 3.35. The summed E-state index contributed by atoms with van der Waals surface area (Å²) in [5.74, 6) is 0.485. The van der Waals surface area contributed by atoms with E-state index in [1.807, 2.05) is 90.1 Å². The third-order valence-electron chi connectivity index (χ3n) is 5.74. The quantitative estimate of drug-likeness (QED) is 0.424. The van der Waals surface area contributed by atoms with Crippen LogP contribution in [0.1, 0.15) is 36.4 Å². The predicted octanol–water partition coefficient (Wildman–Crippen LogP) is 4.87. The molecule has 1 amide bonds. The lowest BCUT2D eigenvalue weighted by atomic mass is 10.1. The Morgan fingerprint density at radius 3 is 2.30 bits per heavy atom. The number of carbonyl (C=O) groups excluding carboxylic acids is 1. The molecule has 1 N–H and O–H groups in total. The van der Waals surface area contributed by atoms with Crippen LogP contribution in [0.5, 0.6) is 0 Å². The first kappa shape index (κ1) is 22.5. The highest BCUT2D eigenvalue weighted by atomic mass is 16.1. The molecule has 0 saturated carbocycles. The number of aromatic nitrogens is 4. The molecule has 0 radical (unpaired) electrons. The molecule has 0 atom stereocenters. The number of carbonyl (C=O) groups is 1. The van der Waals surface area contributed by atoms with Gasteiger partial charge in [0.15, 0.2) is 0 Å². The number of hydrogen-bond donors (Lipinski definition) is 1. The SMILES string of the molecule is Cc1nn(CC(C)C)c(C)c1CC(=O)NCc1cn(-c2ccccc2)nc1-c1ccccc1. The number of hydrogen-bond acceptors (Lipinski definition) is 3. The van der Waals surface area contributed by atoms with Crippen molar-refractivity contribution < 1.29 is 4.79 Å². The Morgan fingerprint density at radius 1 is 0.970 bits per heavy atom. The zero-order valence-electron chi connectivity index (χ0n) is 19.7. The van der Waals surface area contributed by atoms with Crippen molar-refractivity contribution in [2.24, 2.45) is 5.92 Å². The van der Waals surface area contributed by atoms with Gasteiger partial charge in [-0.15, -0.1) is 0 Å². The molecule has 0 aliphatic carbocycles. The molecular formula is C27H31N5O. The van der Waals surface area contributed by atoms with Crippen molar-refractivity contribution in [2.45, 2.75) is 47.2 Å². The highest BCUT2D eigenvalue weighted by Crippen LogP contribution is 2.24. The van der Waals surface area contributed by atoms with Crippen LogP contribution in [0, 0.1) is 19.8 Å². The molecule has 4 aromatic rings. The van der Waals surface area contributed by atoms with Gasteiger partial charge >= 0.3 is 0 Å². The first-order valence-electron chi connectivity index (χ1n) is 11.4. The Hall–Kier alpha value is -3.67. The van der Waals surface area contributed by atoms with Crippen LogP contribution < -0.4 is 5.32 Å². The Labute approximate surface area is 195 Å². The molecule has 0 unspecified atom stereocenters. The second kappa shape index (κ2) is 9.86. The normalized spacial score (nSPS) is 11.2. The Balaban J connectivity index is 1.53. The molecule has 0 fully saturated rings. The lowest BCUT2D eigenvalue weighted by molar-refractivity contribution is -0.120. The third kappa shape index (κ3) is 5.22. The molecule has 0 bridgehead atoms. The standard InChI is InChI=1S/C27H31N5O/c1-19(2)17-31-21(4)25(20(3)29-31)15-26(33)28-16-23-18-32(24-13-9-6-10-14-24)30-27(23)22-11-7-5-8-12-22/h5-14,18-19H,15-17H2,1-4H3,(H,28,33). The molecule has 0 aliphatic heterocycles. The van der Waals surface area contributed by atoms with Crippen LogP contribution in [-0.4, -0.2) is 25.5 Å². The maximum absolute atomic E-state index is 12.9. The first-order valence-corrected chi connectivity index (χ1v) is 11.4. The zero-order chi connectivity index (χ0) is 23.4. The van der Waals surface area contributed by atoms with Gasteiger partial charge in [-0.05, 0) is 31.9 Å². The summed E-state index contributed by atoms with van der Waals surface area (Å²) in [6.45, 7) is 9.62. The second-order valence-corrected chi connectivity index (χ2v) is 8.83. The highest BCUT2D eigenvalue weighted by Gasteiger charge is 2.17. The number of para-hydroxylation sites is 1. The number of aryl methyl sites for hydroxylation is 1.